The lowest BCUT2D eigenvalue weighted by atomic mass is 9.76. The van der Waals surface area contributed by atoms with Crippen molar-refractivity contribution in [3.8, 4) is 0 Å². The summed E-state index contributed by atoms with van der Waals surface area (Å²) in [6.07, 6.45) is 4.05. The third kappa shape index (κ3) is 5.67. The van der Waals surface area contributed by atoms with E-state index in [1.54, 1.807) is 19.1 Å². The molecule has 0 bridgehead atoms. The molecule has 6 aromatic rings. The zero-order valence-corrected chi connectivity index (χ0v) is 27.2. The minimum absolute atomic E-state index is 0.245. The summed E-state index contributed by atoms with van der Waals surface area (Å²) < 4.78 is 2.10. The van der Waals surface area contributed by atoms with Gasteiger partial charge in [0.25, 0.3) is 5.91 Å². The average Bonchev–Trinajstić information content (AvgIpc) is 3.62. The topological polar surface area (TPSA) is 104 Å². The second kappa shape index (κ2) is 13.3. The van der Waals surface area contributed by atoms with Crippen LogP contribution >= 0.6 is 0 Å². The molecule has 0 aliphatic carbocycles. The first-order valence-corrected chi connectivity index (χ1v) is 16.2. The number of aliphatic carboxylic acids is 1. The lowest BCUT2D eigenvalue weighted by molar-refractivity contribution is -0.139. The lowest BCUT2D eigenvalue weighted by Crippen LogP contribution is -2.40. The van der Waals surface area contributed by atoms with Gasteiger partial charge in [-0.15, -0.1) is 0 Å². The van der Waals surface area contributed by atoms with Crippen LogP contribution in [0, 0.1) is 5.92 Å². The Morgan fingerprint density at radius 2 is 1.27 bits per heavy atom. The van der Waals surface area contributed by atoms with E-state index in [1.165, 1.54) is 0 Å². The SMILES string of the molecule is CCC(NC(=O)c1ccc2cc(C(O)(c3cn(C(c4ccccc4)(c4ccccc4)c4ccccc4)cn3)C(C)C)ccc2c1)C(=O)O. The first-order chi connectivity index (χ1) is 23.2. The molecular formula is C41H39N3O4. The normalized spacial score (nSPS) is 13.6. The van der Waals surface area contributed by atoms with E-state index >= 15 is 0 Å². The molecule has 3 N–H and O–H groups in total. The molecule has 0 aliphatic rings. The van der Waals surface area contributed by atoms with Crippen molar-refractivity contribution < 1.29 is 19.8 Å². The van der Waals surface area contributed by atoms with Crippen molar-refractivity contribution in [2.75, 3.05) is 0 Å². The van der Waals surface area contributed by atoms with Crippen LogP contribution < -0.4 is 5.32 Å². The fourth-order valence-corrected chi connectivity index (χ4v) is 6.67. The molecule has 0 saturated heterocycles. The first-order valence-electron chi connectivity index (χ1n) is 16.2. The van der Waals surface area contributed by atoms with Gasteiger partial charge in [0.05, 0.1) is 12.0 Å². The van der Waals surface area contributed by atoms with E-state index in [1.807, 2.05) is 105 Å². The second-order valence-electron chi connectivity index (χ2n) is 12.4. The van der Waals surface area contributed by atoms with Crippen molar-refractivity contribution >= 4 is 22.6 Å². The van der Waals surface area contributed by atoms with Crippen LogP contribution in [0.15, 0.2) is 140 Å². The molecule has 1 amide bonds. The van der Waals surface area contributed by atoms with Crippen LogP contribution in [0.5, 0.6) is 0 Å². The van der Waals surface area contributed by atoms with Crippen LogP contribution in [0.4, 0.5) is 0 Å². The number of benzene rings is 5. The summed E-state index contributed by atoms with van der Waals surface area (Å²) in [6.45, 7) is 5.66. The van der Waals surface area contributed by atoms with Gasteiger partial charge in [-0.2, -0.15) is 0 Å². The molecule has 7 heteroatoms. The van der Waals surface area contributed by atoms with E-state index in [2.05, 4.69) is 46.3 Å². The Balaban J connectivity index is 1.46. The molecule has 48 heavy (non-hydrogen) atoms. The quantitative estimate of drug-likeness (QED) is 0.129. The second-order valence-corrected chi connectivity index (χ2v) is 12.4. The number of hydrogen-bond donors (Lipinski definition) is 3. The number of hydrogen-bond acceptors (Lipinski definition) is 4. The van der Waals surface area contributed by atoms with Gasteiger partial charge in [-0.05, 0) is 63.6 Å². The zero-order chi connectivity index (χ0) is 33.9. The summed E-state index contributed by atoms with van der Waals surface area (Å²) in [5.41, 5.74) is 2.50. The van der Waals surface area contributed by atoms with Crippen molar-refractivity contribution in [3.05, 3.63) is 173 Å². The Labute approximate surface area is 280 Å². The fourth-order valence-electron chi connectivity index (χ4n) is 6.67. The number of carbonyl (C=O) groups excluding carboxylic acids is 1. The molecule has 1 aromatic heterocycles. The molecule has 1 heterocycles. The number of carboxylic acid groups (broad SMARTS) is 1. The predicted octanol–water partition coefficient (Wildman–Crippen LogP) is 7.36. The molecule has 0 saturated carbocycles. The minimum atomic E-state index is -1.44. The summed E-state index contributed by atoms with van der Waals surface area (Å²) in [5, 5.41) is 26.2. The van der Waals surface area contributed by atoms with Gasteiger partial charge in [0.1, 0.15) is 17.2 Å². The Morgan fingerprint density at radius 1 is 0.750 bits per heavy atom. The smallest absolute Gasteiger partial charge is 0.326 e. The highest BCUT2D eigenvalue weighted by molar-refractivity contribution is 6.00. The maximum Gasteiger partial charge on any atom is 0.326 e. The Hall–Kier alpha value is -5.53. The van der Waals surface area contributed by atoms with E-state index < -0.39 is 29.1 Å². The van der Waals surface area contributed by atoms with E-state index in [0.29, 0.717) is 16.8 Å². The molecule has 0 aliphatic heterocycles. The number of nitrogens with one attached hydrogen (secondary N) is 1. The van der Waals surface area contributed by atoms with E-state index in [4.69, 9.17) is 4.98 Å². The van der Waals surface area contributed by atoms with Gasteiger partial charge in [-0.3, -0.25) is 4.79 Å². The summed E-state index contributed by atoms with van der Waals surface area (Å²) >= 11 is 0. The minimum Gasteiger partial charge on any atom is -0.480 e. The molecule has 2 atom stereocenters. The highest BCUT2D eigenvalue weighted by atomic mass is 16.4. The van der Waals surface area contributed by atoms with Gasteiger partial charge in [0.2, 0.25) is 0 Å². The Kier molecular flexibility index (Phi) is 8.98. The summed E-state index contributed by atoms with van der Waals surface area (Å²) in [6, 6.07) is 40.9. The number of carboxylic acids is 1. The molecule has 242 valence electrons. The Bertz CT molecular complexity index is 1940. The van der Waals surface area contributed by atoms with Gasteiger partial charge < -0.3 is 20.1 Å². The summed E-state index contributed by atoms with van der Waals surface area (Å²) in [5.74, 6) is -1.76. The number of nitrogens with zero attached hydrogens (tertiary/aromatic N) is 2. The van der Waals surface area contributed by atoms with Crippen LogP contribution in [0.3, 0.4) is 0 Å². The number of amides is 1. The van der Waals surface area contributed by atoms with Crippen molar-refractivity contribution in [3.63, 3.8) is 0 Å². The highest BCUT2D eigenvalue weighted by Crippen LogP contribution is 2.43. The predicted molar refractivity (Wildman–Crippen MR) is 188 cm³/mol. The van der Waals surface area contributed by atoms with Gasteiger partial charge in [-0.1, -0.05) is 130 Å². The van der Waals surface area contributed by atoms with Crippen molar-refractivity contribution in [1.29, 1.82) is 0 Å². The molecular weight excluding hydrogens is 598 g/mol. The number of aromatic nitrogens is 2. The van der Waals surface area contributed by atoms with Gasteiger partial charge in [0, 0.05) is 11.8 Å². The monoisotopic (exact) mass is 637 g/mol. The van der Waals surface area contributed by atoms with Crippen LogP contribution in [0.25, 0.3) is 10.8 Å². The molecule has 6 rings (SSSR count). The fraction of sp³-hybridized carbons (Fsp3) is 0.195. The van der Waals surface area contributed by atoms with Crippen LogP contribution in [-0.2, 0) is 15.9 Å². The molecule has 7 nitrogen and oxygen atoms in total. The lowest BCUT2D eigenvalue weighted by Gasteiger charge is -2.37. The molecule has 0 radical (unpaired) electrons. The number of fused-ring (bicyclic) bond motifs is 1. The average molecular weight is 638 g/mol. The Morgan fingerprint density at radius 3 is 1.77 bits per heavy atom. The van der Waals surface area contributed by atoms with E-state index in [9.17, 15) is 19.8 Å². The number of carbonyl (C=O) groups is 2. The molecule has 0 spiro atoms. The summed E-state index contributed by atoms with van der Waals surface area (Å²) in [4.78, 5) is 29.2. The summed E-state index contributed by atoms with van der Waals surface area (Å²) in [7, 11) is 0. The highest BCUT2D eigenvalue weighted by Gasteiger charge is 2.42. The number of rotatable bonds is 11. The van der Waals surface area contributed by atoms with E-state index in [-0.39, 0.29) is 12.3 Å². The third-order valence-corrected chi connectivity index (χ3v) is 9.32. The van der Waals surface area contributed by atoms with E-state index in [0.717, 1.165) is 27.5 Å². The molecule has 0 fully saturated rings. The van der Waals surface area contributed by atoms with Crippen LogP contribution in [-0.4, -0.2) is 37.7 Å². The number of imidazole rings is 1. The van der Waals surface area contributed by atoms with Crippen LogP contribution in [0.1, 0.15) is 65.5 Å². The maximum atomic E-state index is 12.8. The van der Waals surface area contributed by atoms with Crippen molar-refractivity contribution in [2.45, 2.75) is 44.4 Å². The van der Waals surface area contributed by atoms with Crippen molar-refractivity contribution in [1.82, 2.24) is 14.9 Å². The third-order valence-electron chi connectivity index (χ3n) is 9.32. The zero-order valence-electron chi connectivity index (χ0n) is 27.2. The van der Waals surface area contributed by atoms with Gasteiger partial charge >= 0.3 is 5.97 Å². The maximum absolute atomic E-state index is 12.8. The van der Waals surface area contributed by atoms with Gasteiger partial charge in [-0.25, -0.2) is 9.78 Å². The first kappa shape index (κ1) is 32.4. The van der Waals surface area contributed by atoms with Gasteiger partial charge in [0.15, 0.2) is 0 Å². The number of aliphatic hydroxyl groups is 1. The van der Waals surface area contributed by atoms with Crippen LogP contribution in [0.2, 0.25) is 0 Å². The van der Waals surface area contributed by atoms with Crippen molar-refractivity contribution in [2.24, 2.45) is 5.92 Å². The molecule has 5 aromatic carbocycles. The molecule has 2 unspecified atom stereocenters. The largest absolute Gasteiger partial charge is 0.480 e. The standard InChI is InChI=1S/C41H39N3O4/c1-4-36(39(46)47)43-38(45)31-21-20-30-25-35(23-22-29(30)24-31)41(48,28(2)3)37-26-44(27-42-37)40(32-14-8-5-9-15-32,33-16-10-6-11-17-33)34-18-12-7-13-19-34/h5-28,36,48H,4H2,1-3H3,(H,43,45)(H,46,47).